The monoisotopic (exact) mass is 492 g/mol. The molecule has 0 bridgehead atoms. The Morgan fingerprint density at radius 3 is 2.52 bits per heavy atom. The van der Waals surface area contributed by atoms with Gasteiger partial charge in [-0.1, -0.05) is 58.4 Å². The van der Waals surface area contributed by atoms with E-state index in [2.05, 4.69) is 31.7 Å². The van der Waals surface area contributed by atoms with Crippen LogP contribution >= 0.6 is 15.9 Å². The van der Waals surface area contributed by atoms with E-state index in [9.17, 15) is 18.0 Å². The lowest BCUT2D eigenvalue weighted by atomic mass is 9.96. The number of carbonyl (C=O) groups is 1. The minimum atomic E-state index is -4.50. The van der Waals surface area contributed by atoms with Crippen molar-refractivity contribution < 1.29 is 18.0 Å². The Morgan fingerprint density at radius 1 is 1.19 bits per heavy atom. The number of alkyl halides is 3. The summed E-state index contributed by atoms with van der Waals surface area (Å²) < 4.78 is 43.2. The van der Waals surface area contributed by atoms with E-state index in [-0.39, 0.29) is 23.8 Å². The third-order valence-electron chi connectivity index (χ3n) is 5.40. The smallest absolute Gasteiger partial charge is 0.363 e. The molecule has 1 aliphatic heterocycles. The molecule has 0 saturated heterocycles. The van der Waals surface area contributed by atoms with Gasteiger partial charge in [0.15, 0.2) is 6.04 Å². The zero-order valence-corrected chi connectivity index (χ0v) is 18.1. The lowest BCUT2D eigenvalue weighted by molar-refractivity contribution is -0.173. The molecule has 2 aromatic carbocycles. The van der Waals surface area contributed by atoms with Crippen LogP contribution in [0, 0.1) is 0 Å². The second-order valence-electron chi connectivity index (χ2n) is 7.50. The molecular weight excluding hydrogens is 473 g/mol. The fourth-order valence-corrected chi connectivity index (χ4v) is 4.01. The van der Waals surface area contributed by atoms with Crippen LogP contribution in [0.2, 0.25) is 0 Å². The lowest BCUT2D eigenvalue weighted by Crippen LogP contribution is -2.36. The molecular formula is C22H20BrF3N4O. The summed E-state index contributed by atoms with van der Waals surface area (Å²) >= 11 is 3.34. The van der Waals surface area contributed by atoms with Crippen molar-refractivity contribution in [1.82, 2.24) is 15.1 Å². The van der Waals surface area contributed by atoms with Crippen LogP contribution < -0.4 is 10.6 Å². The number of fused-ring (bicyclic) bond motifs is 1. The molecule has 0 saturated carbocycles. The number of benzene rings is 2. The van der Waals surface area contributed by atoms with E-state index in [0.29, 0.717) is 5.56 Å². The zero-order valence-electron chi connectivity index (χ0n) is 16.5. The number of carbonyl (C=O) groups excluding carboxylic acids is 1. The summed E-state index contributed by atoms with van der Waals surface area (Å²) in [5, 5.41) is 9.86. The van der Waals surface area contributed by atoms with Gasteiger partial charge in [-0.25, -0.2) is 4.68 Å². The molecule has 0 aliphatic carbocycles. The molecule has 0 radical (unpaired) electrons. The number of nitrogens with zero attached hydrogens (tertiary/aromatic N) is 2. The predicted molar refractivity (Wildman–Crippen MR) is 115 cm³/mol. The first-order valence-electron chi connectivity index (χ1n) is 9.76. The third-order valence-corrected chi connectivity index (χ3v) is 5.93. The minimum Gasteiger partial charge on any atom is -0.363 e. The third kappa shape index (κ3) is 4.46. The fourth-order valence-electron chi connectivity index (χ4n) is 3.74. The van der Waals surface area contributed by atoms with Crippen molar-refractivity contribution in [2.75, 3.05) is 5.32 Å². The van der Waals surface area contributed by atoms with E-state index < -0.39 is 24.2 Å². The fraction of sp³-hybridized carbons (Fsp3) is 0.273. The molecule has 0 unspecified atom stereocenters. The number of nitrogens with one attached hydrogen (secondary N) is 2. The van der Waals surface area contributed by atoms with Crippen LogP contribution in [0.15, 0.2) is 65.3 Å². The first-order chi connectivity index (χ1) is 14.7. The van der Waals surface area contributed by atoms with E-state index in [1.54, 1.807) is 24.3 Å². The van der Waals surface area contributed by atoms with Gasteiger partial charge in [0, 0.05) is 10.9 Å². The van der Waals surface area contributed by atoms with Crippen molar-refractivity contribution in [3.05, 3.63) is 82.0 Å². The first-order valence-corrected chi connectivity index (χ1v) is 10.6. The van der Waals surface area contributed by atoms with Gasteiger partial charge in [-0.05, 0) is 30.2 Å². The molecule has 2 N–H and O–H groups in total. The highest BCUT2D eigenvalue weighted by Crippen LogP contribution is 2.44. The zero-order chi connectivity index (χ0) is 22.2. The van der Waals surface area contributed by atoms with E-state index in [1.807, 2.05) is 37.3 Å². The lowest BCUT2D eigenvalue weighted by Gasteiger charge is -2.34. The van der Waals surface area contributed by atoms with Gasteiger partial charge in [0.05, 0.1) is 18.3 Å². The van der Waals surface area contributed by atoms with Gasteiger partial charge in [-0.2, -0.15) is 18.3 Å². The van der Waals surface area contributed by atoms with Gasteiger partial charge in [-0.15, -0.1) is 0 Å². The molecule has 4 rings (SSSR count). The first kappa shape index (κ1) is 21.4. The van der Waals surface area contributed by atoms with E-state index >= 15 is 0 Å². The molecule has 162 valence electrons. The highest BCUT2D eigenvalue weighted by molar-refractivity contribution is 9.10. The van der Waals surface area contributed by atoms with Gasteiger partial charge in [0.25, 0.3) is 5.91 Å². The van der Waals surface area contributed by atoms with Crippen LogP contribution in [0.3, 0.4) is 0 Å². The van der Waals surface area contributed by atoms with Gasteiger partial charge >= 0.3 is 6.18 Å². The maximum atomic E-state index is 13.8. The van der Waals surface area contributed by atoms with Crippen molar-refractivity contribution >= 4 is 27.7 Å². The van der Waals surface area contributed by atoms with Crippen LogP contribution in [-0.2, 0) is 0 Å². The Hall–Kier alpha value is -2.81. The molecule has 1 aliphatic rings. The van der Waals surface area contributed by atoms with Crippen LogP contribution in [0.4, 0.5) is 19.0 Å². The van der Waals surface area contributed by atoms with Gasteiger partial charge < -0.3 is 10.6 Å². The molecule has 9 heteroatoms. The molecule has 31 heavy (non-hydrogen) atoms. The Kier molecular flexibility index (Phi) is 5.79. The van der Waals surface area contributed by atoms with Gasteiger partial charge in [-0.3, -0.25) is 4.79 Å². The summed E-state index contributed by atoms with van der Waals surface area (Å²) in [6.45, 7) is 1.82. The Morgan fingerprint density at radius 2 is 1.87 bits per heavy atom. The van der Waals surface area contributed by atoms with Crippen molar-refractivity contribution in [1.29, 1.82) is 0 Å². The standard InChI is InChI=1S/C22H20BrF3N4O/c1-13(14-5-3-2-4-6-14)28-21(31)17-12-27-30-19(22(24,25)26)11-18(29-20(17)30)15-7-9-16(23)10-8-15/h2-10,12-13,18-19,29H,11H2,1H3,(H,28,31)/t13-,18+,19-/m0/s1. The average Bonchev–Trinajstić information content (AvgIpc) is 3.17. The maximum Gasteiger partial charge on any atom is 0.410 e. The number of rotatable bonds is 4. The number of hydrogen-bond acceptors (Lipinski definition) is 3. The van der Waals surface area contributed by atoms with Crippen molar-refractivity contribution in [3.8, 4) is 0 Å². The summed E-state index contributed by atoms with van der Waals surface area (Å²) in [6, 6.07) is 13.7. The molecule has 0 fully saturated rings. The molecule has 0 spiro atoms. The summed E-state index contributed by atoms with van der Waals surface area (Å²) in [5.41, 5.74) is 1.68. The molecule has 1 amide bonds. The van der Waals surface area contributed by atoms with Gasteiger partial charge in [0.2, 0.25) is 0 Å². The van der Waals surface area contributed by atoms with Gasteiger partial charge in [0.1, 0.15) is 11.4 Å². The van der Waals surface area contributed by atoms with Crippen LogP contribution in [0.1, 0.15) is 53.0 Å². The molecule has 3 aromatic rings. The number of halogens is 4. The van der Waals surface area contributed by atoms with E-state index in [0.717, 1.165) is 14.7 Å². The van der Waals surface area contributed by atoms with Crippen molar-refractivity contribution in [2.45, 2.75) is 37.6 Å². The normalized spacial score (nSPS) is 19.3. The van der Waals surface area contributed by atoms with E-state index in [1.165, 1.54) is 6.20 Å². The highest BCUT2D eigenvalue weighted by atomic mass is 79.9. The Labute approximate surface area is 185 Å². The quantitative estimate of drug-likeness (QED) is 0.484. The molecule has 1 aromatic heterocycles. The van der Waals surface area contributed by atoms with Crippen LogP contribution in [0.25, 0.3) is 0 Å². The Bertz CT molecular complexity index is 1070. The predicted octanol–water partition coefficient (Wildman–Crippen LogP) is 5.80. The second kappa shape index (κ2) is 8.37. The summed E-state index contributed by atoms with van der Waals surface area (Å²) in [5.74, 6) is -0.415. The van der Waals surface area contributed by atoms with E-state index in [4.69, 9.17) is 0 Å². The van der Waals surface area contributed by atoms with Crippen LogP contribution in [-0.4, -0.2) is 21.9 Å². The largest absolute Gasteiger partial charge is 0.410 e. The number of hydrogen-bond donors (Lipinski definition) is 2. The molecule has 3 atom stereocenters. The van der Waals surface area contributed by atoms with Crippen LogP contribution in [0.5, 0.6) is 0 Å². The summed E-state index contributed by atoms with van der Waals surface area (Å²) in [4.78, 5) is 12.9. The summed E-state index contributed by atoms with van der Waals surface area (Å²) in [6.07, 6.45) is -3.53. The average molecular weight is 493 g/mol. The number of anilines is 1. The minimum absolute atomic E-state index is 0.0688. The van der Waals surface area contributed by atoms with Crippen molar-refractivity contribution in [2.24, 2.45) is 0 Å². The highest BCUT2D eigenvalue weighted by Gasteiger charge is 2.47. The molecule has 2 heterocycles. The SMILES string of the molecule is C[C@H](NC(=O)c1cnn2c1N[C@@H](c1ccc(Br)cc1)C[C@H]2C(F)(F)F)c1ccccc1. The Balaban J connectivity index is 1.65. The topological polar surface area (TPSA) is 59.0 Å². The number of aromatic nitrogens is 2. The second-order valence-corrected chi connectivity index (χ2v) is 8.41. The summed E-state index contributed by atoms with van der Waals surface area (Å²) in [7, 11) is 0. The van der Waals surface area contributed by atoms with Crippen molar-refractivity contribution in [3.63, 3.8) is 0 Å². The molecule has 5 nitrogen and oxygen atoms in total. The number of amides is 1. The maximum absolute atomic E-state index is 13.8.